The third-order valence-corrected chi connectivity index (χ3v) is 4.33. The predicted octanol–water partition coefficient (Wildman–Crippen LogP) is 3.99. The lowest BCUT2D eigenvalue weighted by Crippen LogP contribution is -2.37. The van der Waals surface area contributed by atoms with Crippen LogP contribution >= 0.6 is 15.9 Å². The molecule has 2 rings (SSSR count). The predicted molar refractivity (Wildman–Crippen MR) is 65.6 cm³/mol. The van der Waals surface area contributed by atoms with Gasteiger partial charge >= 0.3 is 0 Å². The van der Waals surface area contributed by atoms with E-state index >= 15 is 0 Å². The van der Waals surface area contributed by atoms with Crippen LogP contribution in [-0.2, 0) is 5.60 Å². The average Bonchev–Trinajstić information content (AvgIpc) is 2.46. The zero-order chi connectivity index (χ0) is 12.0. The van der Waals surface area contributed by atoms with Crippen molar-refractivity contribution in [1.82, 2.24) is 0 Å². The van der Waals surface area contributed by atoms with Gasteiger partial charge in [0.25, 0.3) is 0 Å². The largest absolute Gasteiger partial charge is 0.384 e. The summed E-state index contributed by atoms with van der Waals surface area (Å²) in [5.41, 5.74) is -0.889. The number of rotatable bonds is 1. The van der Waals surface area contributed by atoms with Crippen LogP contribution in [0.4, 0.5) is 4.39 Å². The van der Waals surface area contributed by atoms with Crippen LogP contribution in [0.1, 0.15) is 38.7 Å². The number of halogens is 2. The van der Waals surface area contributed by atoms with E-state index in [2.05, 4.69) is 15.9 Å². The van der Waals surface area contributed by atoms with Crippen LogP contribution in [0.2, 0.25) is 0 Å². The third-order valence-electron chi connectivity index (χ3n) is 3.83. The SMILES string of the molecule is CC1(C)CCCC1(O)c1cc(Br)ccc1F. The van der Waals surface area contributed by atoms with E-state index in [4.69, 9.17) is 0 Å². The first-order valence-electron chi connectivity index (χ1n) is 5.55. The Morgan fingerprint density at radius 1 is 1.31 bits per heavy atom. The molecule has 0 aliphatic heterocycles. The lowest BCUT2D eigenvalue weighted by atomic mass is 9.73. The molecule has 0 amide bonds. The molecule has 1 N–H and O–H groups in total. The summed E-state index contributed by atoms with van der Waals surface area (Å²) in [6.07, 6.45) is 2.50. The van der Waals surface area contributed by atoms with Crippen molar-refractivity contribution in [3.8, 4) is 0 Å². The molecule has 1 fully saturated rings. The number of hydrogen-bond donors (Lipinski definition) is 1. The molecule has 1 aliphatic carbocycles. The van der Waals surface area contributed by atoms with Gasteiger partial charge in [0.15, 0.2) is 0 Å². The van der Waals surface area contributed by atoms with E-state index in [0.29, 0.717) is 12.0 Å². The van der Waals surface area contributed by atoms with Crippen LogP contribution in [0.25, 0.3) is 0 Å². The van der Waals surface area contributed by atoms with Crippen LogP contribution in [0, 0.1) is 11.2 Å². The van der Waals surface area contributed by atoms with Gasteiger partial charge < -0.3 is 5.11 Å². The molecule has 0 radical (unpaired) electrons. The molecule has 16 heavy (non-hydrogen) atoms. The van der Waals surface area contributed by atoms with Gasteiger partial charge in [-0.1, -0.05) is 29.8 Å². The summed E-state index contributed by atoms with van der Waals surface area (Å²) >= 11 is 3.33. The first-order valence-corrected chi connectivity index (χ1v) is 6.34. The van der Waals surface area contributed by atoms with E-state index in [0.717, 1.165) is 17.3 Å². The van der Waals surface area contributed by atoms with Crippen molar-refractivity contribution in [3.05, 3.63) is 34.1 Å². The molecule has 0 saturated heterocycles. The zero-order valence-corrected chi connectivity index (χ0v) is 11.1. The second kappa shape index (κ2) is 3.81. The van der Waals surface area contributed by atoms with Crippen molar-refractivity contribution in [2.75, 3.05) is 0 Å². The van der Waals surface area contributed by atoms with Crippen LogP contribution in [-0.4, -0.2) is 5.11 Å². The Balaban J connectivity index is 2.55. The fraction of sp³-hybridized carbons (Fsp3) is 0.538. The summed E-state index contributed by atoms with van der Waals surface area (Å²) in [7, 11) is 0. The summed E-state index contributed by atoms with van der Waals surface area (Å²) in [5, 5.41) is 10.7. The molecule has 1 aliphatic rings. The van der Waals surface area contributed by atoms with Crippen LogP contribution in [0.15, 0.2) is 22.7 Å². The molecule has 1 aromatic carbocycles. The van der Waals surface area contributed by atoms with Crippen LogP contribution in [0.5, 0.6) is 0 Å². The van der Waals surface area contributed by atoms with Crippen molar-refractivity contribution in [2.45, 2.75) is 38.7 Å². The number of aliphatic hydroxyl groups is 1. The molecule has 0 heterocycles. The average molecular weight is 287 g/mol. The maximum atomic E-state index is 13.8. The molecular weight excluding hydrogens is 271 g/mol. The number of hydrogen-bond acceptors (Lipinski definition) is 1. The Morgan fingerprint density at radius 3 is 2.56 bits per heavy atom. The summed E-state index contributed by atoms with van der Waals surface area (Å²) in [4.78, 5) is 0. The van der Waals surface area contributed by atoms with E-state index in [9.17, 15) is 9.50 Å². The van der Waals surface area contributed by atoms with E-state index in [1.165, 1.54) is 6.07 Å². The standard InChI is InChI=1S/C13H16BrFO/c1-12(2)6-3-7-13(12,16)10-8-9(14)4-5-11(10)15/h4-5,8,16H,3,6-7H2,1-2H3. The Labute approximate surface area is 104 Å². The highest BCUT2D eigenvalue weighted by Gasteiger charge is 2.49. The quantitative estimate of drug-likeness (QED) is 0.828. The molecule has 3 heteroatoms. The molecule has 1 nitrogen and oxygen atoms in total. The lowest BCUT2D eigenvalue weighted by Gasteiger charge is -2.37. The molecule has 0 bridgehead atoms. The van der Waals surface area contributed by atoms with E-state index in [1.807, 2.05) is 13.8 Å². The fourth-order valence-corrected chi connectivity index (χ4v) is 3.01. The minimum Gasteiger partial charge on any atom is -0.384 e. The third kappa shape index (κ3) is 1.70. The van der Waals surface area contributed by atoms with Gasteiger partial charge in [-0.15, -0.1) is 0 Å². The topological polar surface area (TPSA) is 20.2 Å². The molecule has 1 atom stereocenters. The molecule has 0 aromatic heterocycles. The van der Waals surface area contributed by atoms with E-state index in [-0.39, 0.29) is 11.2 Å². The maximum absolute atomic E-state index is 13.8. The maximum Gasteiger partial charge on any atom is 0.129 e. The first-order chi connectivity index (χ1) is 7.37. The molecule has 88 valence electrons. The van der Waals surface area contributed by atoms with Gasteiger partial charge in [-0.25, -0.2) is 4.39 Å². The molecule has 0 spiro atoms. The van der Waals surface area contributed by atoms with Gasteiger partial charge in [0, 0.05) is 10.0 Å². The smallest absolute Gasteiger partial charge is 0.129 e. The Hall–Kier alpha value is -0.410. The summed E-state index contributed by atoms with van der Waals surface area (Å²) in [6, 6.07) is 4.76. The molecule has 1 aromatic rings. The Morgan fingerprint density at radius 2 is 2.00 bits per heavy atom. The van der Waals surface area contributed by atoms with Gasteiger partial charge in [-0.05, 0) is 42.9 Å². The van der Waals surface area contributed by atoms with Crippen molar-refractivity contribution < 1.29 is 9.50 Å². The highest BCUT2D eigenvalue weighted by Crippen LogP contribution is 2.52. The van der Waals surface area contributed by atoms with Gasteiger partial charge in [-0.2, -0.15) is 0 Å². The van der Waals surface area contributed by atoms with Gasteiger partial charge in [0.1, 0.15) is 5.82 Å². The molecule has 1 unspecified atom stereocenters. The normalized spacial score (nSPS) is 28.3. The van der Waals surface area contributed by atoms with Gasteiger partial charge in [-0.3, -0.25) is 0 Å². The summed E-state index contributed by atoms with van der Waals surface area (Å²) in [5.74, 6) is -0.319. The zero-order valence-electron chi connectivity index (χ0n) is 9.56. The minimum atomic E-state index is -1.04. The van der Waals surface area contributed by atoms with Crippen LogP contribution in [0.3, 0.4) is 0 Å². The first kappa shape index (κ1) is 12.1. The van der Waals surface area contributed by atoms with E-state index in [1.54, 1.807) is 12.1 Å². The van der Waals surface area contributed by atoms with E-state index < -0.39 is 5.60 Å². The van der Waals surface area contributed by atoms with Gasteiger partial charge in [0.05, 0.1) is 5.60 Å². The highest BCUT2D eigenvalue weighted by molar-refractivity contribution is 9.10. The highest BCUT2D eigenvalue weighted by atomic mass is 79.9. The second-order valence-electron chi connectivity index (χ2n) is 5.22. The van der Waals surface area contributed by atoms with Crippen molar-refractivity contribution in [3.63, 3.8) is 0 Å². The summed E-state index contributed by atoms with van der Waals surface area (Å²) in [6.45, 7) is 4.00. The summed E-state index contributed by atoms with van der Waals surface area (Å²) < 4.78 is 14.6. The fourth-order valence-electron chi connectivity index (χ4n) is 2.65. The lowest BCUT2D eigenvalue weighted by molar-refractivity contribution is -0.0512. The molecule has 1 saturated carbocycles. The Bertz CT molecular complexity index is 416. The van der Waals surface area contributed by atoms with Gasteiger partial charge in [0.2, 0.25) is 0 Å². The van der Waals surface area contributed by atoms with Crippen molar-refractivity contribution in [1.29, 1.82) is 0 Å². The molecular formula is C13H16BrFO. The second-order valence-corrected chi connectivity index (χ2v) is 6.14. The van der Waals surface area contributed by atoms with Crippen molar-refractivity contribution in [2.24, 2.45) is 5.41 Å². The monoisotopic (exact) mass is 286 g/mol. The minimum absolute atomic E-state index is 0.269. The number of benzene rings is 1. The Kier molecular flexibility index (Phi) is 2.87. The van der Waals surface area contributed by atoms with Crippen LogP contribution < -0.4 is 0 Å². The van der Waals surface area contributed by atoms with Crippen molar-refractivity contribution >= 4 is 15.9 Å².